The van der Waals surface area contributed by atoms with Gasteiger partial charge in [-0.3, -0.25) is 9.59 Å². The number of hydrogen-bond donors (Lipinski definition) is 2. The average molecular weight is 406 g/mol. The molecule has 146 valence electrons. The van der Waals surface area contributed by atoms with Crippen LogP contribution < -0.4 is 10.6 Å². The molecule has 2 N–H and O–H groups in total. The Kier molecular flexibility index (Phi) is 4.55. The number of nitrogens with zero attached hydrogens (tertiary/aromatic N) is 2. The second-order valence-corrected chi connectivity index (χ2v) is 8.40. The molecular weight excluding hydrogens is 388 g/mol. The summed E-state index contributed by atoms with van der Waals surface area (Å²) < 4.78 is 5.31. The number of carbonyl (C=O) groups excluding carboxylic acids is 2. The maximum Gasteiger partial charge on any atom is 0.238 e. The van der Waals surface area contributed by atoms with Crippen LogP contribution in [0.4, 0.5) is 11.4 Å². The third kappa shape index (κ3) is 3.88. The van der Waals surface area contributed by atoms with Crippen molar-refractivity contribution in [2.45, 2.75) is 35.3 Å². The summed E-state index contributed by atoms with van der Waals surface area (Å²) in [6, 6.07) is 14.9. The van der Waals surface area contributed by atoms with Crippen molar-refractivity contribution in [3.63, 3.8) is 0 Å². The fraction of sp³-hybridized carbons (Fsp3) is 0.238. The fourth-order valence-electron chi connectivity index (χ4n) is 3.19. The van der Waals surface area contributed by atoms with Crippen LogP contribution in [0.5, 0.6) is 0 Å². The average Bonchev–Trinajstić information content (AvgIpc) is 3.45. The Labute approximate surface area is 171 Å². The topological polar surface area (TPSA) is 97.1 Å². The molecule has 2 aromatic carbocycles. The Morgan fingerprint density at radius 2 is 2.07 bits per heavy atom. The Morgan fingerprint density at radius 1 is 1.21 bits per heavy atom. The lowest BCUT2D eigenvalue weighted by molar-refractivity contribution is -0.120. The van der Waals surface area contributed by atoms with Gasteiger partial charge in [0.2, 0.25) is 23.5 Å². The van der Waals surface area contributed by atoms with Gasteiger partial charge in [-0.1, -0.05) is 29.4 Å². The summed E-state index contributed by atoms with van der Waals surface area (Å²) >= 11 is 1.41. The van der Waals surface area contributed by atoms with E-state index >= 15 is 0 Å². The second-order valence-electron chi connectivity index (χ2n) is 7.16. The van der Waals surface area contributed by atoms with Crippen LogP contribution in [0.15, 0.2) is 57.9 Å². The maximum atomic E-state index is 12.5. The lowest BCUT2D eigenvalue weighted by Gasteiger charge is -2.23. The van der Waals surface area contributed by atoms with Crippen molar-refractivity contribution in [2.75, 3.05) is 10.6 Å². The molecule has 2 aliphatic rings. The number of anilines is 2. The van der Waals surface area contributed by atoms with Gasteiger partial charge >= 0.3 is 0 Å². The zero-order valence-electron chi connectivity index (χ0n) is 15.4. The highest BCUT2D eigenvalue weighted by molar-refractivity contribution is 8.01. The van der Waals surface area contributed by atoms with Crippen molar-refractivity contribution in [3.8, 4) is 11.4 Å². The Balaban J connectivity index is 1.25. The van der Waals surface area contributed by atoms with Crippen LogP contribution in [0.3, 0.4) is 0 Å². The molecule has 1 fully saturated rings. The molecule has 3 aromatic rings. The first-order chi connectivity index (χ1) is 14.2. The minimum absolute atomic E-state index is 0.0864. The fourth-order valence-corrected chi connectivity index (χ4v) is 4.30. The third-order valence-corrected chi connectivity index (χ3v) is 6.13. The highest BCUT2D eigenvalue weighted by Crippen LogP contribution is 2.39. The first-order valence-corrected chi connectivity index (χ1v) is 10.3. The van der Waals surface area contributed by atoms with Gasteiger partial charge in [-0.15, -0.1) is 11.8 Å². The van der Waals surface area contributed by atoms with Gasteiger partial charge in [0, 0.05) is 28.5 Å². The first kappa shape index (κ1) is 17.9. The number of fused-ring (bicyclic) bond motifs is 1. The predicted octanol–water partition coefficient (Wildman–Crippen LogP) is 4.06. The van der Waals surface area contributed by atoms with E-state index in [0.717, 1.165) is 29.0 Å². The summed E-state index contributed by atoms with van der Waals surface area (Å²) in [5, 5.41) is 9.30. The third-order valence-electron chi connectivity index (χ3n) is 4.85. The summed E-state index contributed by atoms with van der Waals surface area (Å²) in [4.78, 5) is 30.2. The smallest absolute Gasteiger partial charge is 0.238 e. The molecule has 0 spiro atoms. The van der Waals surface area contributed by atoms with E-state index in [9.17, 15) is 9.59 Å². The van der Waals surface area contributed by atoms with Gasteiger partial charge in [-0.2, -0.15) is 4.98 Å². The van der Waals surface area contributed by atoms with E-state index in [1.165, 1.54) is 11.8 Å². The van der Waals surface area contributed by atoms with E-state index < -0.39 is 5.25 Å². The molecule has 1 atom stereocenters. The zero-order chi connectivity index (χ0) is 19.8. The molecule has 0 bridgehead atoms. The Bertz CT molecular complexity index is 1090. The number of para-hydroxylation sites is 1. The largest absolute Gasteiger partial charge is 0.339 e. The molecule has 8 heteroatoms. The number of aromatic nitrogens is 2. The molecular formula is C21H18N4O3S. The molecule has 2 heterocycles. The van der Waals surface area contributed by atoms with Crippen LogP contribution in [0, 0.1) is 0 Å². The molecule has 29 heavy (non-hydrogen) atoms. The van der Waals surface area contributed by atoms with Gasteiger partial charge in [0.15, 0.2) is 0 Å². The van der Waals surface area contributed by atoms with Gasteiger partial charge in [0.25, 0.3) is 0 Å². The van der Waals surface area contributed by atoms with Crippen molar-refractivity contribution in [1.29, 1.82) is 0 Å². The van der Waals surface area contributed by atoms with E-state index in [0.29, 0.717) is 23.3 Å². The number of carbonyl (C=O) groups is 2. The van der Waals surface area contributed by atoms with Gasteiger partial charge in [-0.05, 0) is 37.1 Å². The Morgan fingerprint density at radius 3 is 2.93 bits per heavy atom. The van der Waals surface area contributed by atoms with Gasteiger partial charge in [0.05, 0.1) is 10.9 Å². The minimum Gasteiger partial charge on any atom is -0.339 e. The minimum atomic E-state index is -0.466. The molecule has 1 aliphatic heterocycles. The first-order valence-electron chi connectivity index (χ1n) is 9.46. The van der Waals surface area contributed by atoms with Crippen molar-refractivity contribution < 1.29 is 14.1 Å². The SMILES string of the molecule is O=C(C[C@H]1Sc2ccccc2NC1=O)Nc1cccc(-c2noc(C3CC3)n2)c1. The number of amides is 2. The van der Waals surface area contributed by atoms with Gasteiger partial charge < -0.3 is 15.2 Å². The summed E-state index contributed by atoms with van der Waals surface area (Å²) in [6.07, 6.45) is 2.27. The molecule has 2 amide bonds. The lowest BCUT2D eigenvalue weighted by Crippen LogP contribution is -2.32. The van der Waals surface area contributed by atoms with Crippen LogP contribution in [-0.2, 0) is 9.59 Å². The van der Waals surface area contributed by atoms with Crippen molar-refractivity contribution in [1.82, 2.24) is 10.1 Å². The number of thioether (sulfide) groups is 1. The van der Waals surface area contributed by atoms with Crippen LogP contribution in [-0.4, -0.2) is 27.2 Å². The van der Waals surface area contributed by atoms with E-state index in [1.807, 2.05) is 42.5 Å². The highest BCUT2D eigenvalue weighted by Gasteiger charge is 2.30. The molecule has 1 aromatic heterocycles. The molecule has 5 rings (SSSR count). The lowest BCUT2D eigenvalue weighted by atomic mass is 10.2. The highest BCUT2D eigenvalue weighted by atomic mass is 32.2. The van der Waals surface area contributed by atoms with E-state index in [2.05, 4.69) is 20.8 Å². The number of hydrogen-bond acceptors (Lipinski definition) is 6. The van der Waals surface area contributed by atoms with Crippen LogP contribution in [0.2, 0.25) is 0 Å². The van der Waals surface area contributed by atoms with Crippen molar-refractivity contribution >= 4 is 35.0 Å². The number of nitrogens with one attached hydrogen (secondary N) is 2. The predicted molar refractivity (Wildman–Crippen MR) is 110 cm³/mol. The van der Waals surface area contributed by atoms with Crippen molar-refractivity contribution in [3.05, 3.63) is 54.4 Å². The van der Waals surface area contributed by atoms with E-state index in [4.69, 9.17) is 4.52 Å². The van der Waals surface area contributed by atoms with Crippen LogP contribution >= 0.6 is 11.8 Å². The molecule has 0 unspecified atom stereocenters. The summed E-state index contributed by atoms with van der Waals surface area (Å²) in [5.41, 5.74) is 2.20. The van der Waals surface area contributed by atoms with Gasteiger partial charge in [0.1, 0.15) is 0 Å². The van der Waals surface area contributed by atoms with E-state index in [1.54, 1.807) is 6.07 Å². The number of rotatable bonds is 5. The zero-order valence-corrected chi connectivity index (χ0v) is 16.2. The van der Waals surface area contributed by atoms with Crippen LogP contribution in [0.1, 0.15) is 31.1 Å². The monoisotopic (exact) mass is 406 g/mol. The molecule has 0 saturated heterocycles. The molecule has 7 nitrogen and oxygen atoms in total. The standard InChI is InChI=1S/C21H18N4O3S/c26-18(11-17-20(27)23-15-6-1-2-7-16(15)29-17)22-14-5-3-4-13(10-14)19-24-21(28-25-19)12-8-9-12/h1-7,10,12,17H,8-9,11H2,(H,22,26)(H,23,27)/t17-/m1/s1. The summed E-state index contributed by atoms with van der Waals surface area (Å²) in [6.45, 7) is 0. The van der Waals surface area contributed by atoms with Crippen molar-refractivity contribution in [2.24, 2.45) is 0 Å². The normalized spacial score (nSPS) is 18.1. The van der Waals surface area contributed by atoms with E-state index in [-0.39, 0.29) is 18.2 Å². The molecule has 0 radical (unpaired) electrons. The quantitative estimate of drug-likeness (QED) is 0.663. The molecule has 1 aliphatic carbocycles. The van der Waals surface area contributed by atoms with Crippen LogP contribution in [0.25, 0.3) is 11.4 Å². The molecule has 1 saturated carbocycles. The number of benzene rings is 2. The summed E-state index contributed by atoms with van der Waals surface area (Å²) in [7, 11) is 0. The van der Waals surface area contributed by atoms with Gasteiger partial charge in [-0.25, -0.2) is 0 Å². The Hall–Kier alpha value is -3.13. The summed E-state index contributed by atoms with van der Waals surface area (Å²) in [5.74, 6) is 1.21. The second kappa shape index (κ2) is 7.36. The maximum absolute atomic E-state index is 12.5.